The Morgan fingerprint density at radius 2 is 1.95 bits per heavy atom. The first kappa shape index (κ1) is 11.7. The molecular weight excluding hydrogens is 243 g/mol. The number of aromatic nitrogens is 1. The van der Waals surface area contributed by atoms with Crippen molar-refractivity contribution in [1.82, 2.24) is 4.98 Å². The zero-order valence-electron chi connectivity index (χ0n) is 10.7. The fourth-order valence-corrected chi connectivity index (χ4v) is 2.20. The minimum atomic E-state index is -0.393. The monoisotopic (exact) mass is 256 g/mol. The lowest BCUT2D eigenvalue weighted by molar-refractivity contribution is 0.592. The maximum atomic E-state index is 13.8. The number of hydrogen-bond acceptors (Lipinski definition) is 3. The highest BCUT2D eigenvalue weighted by Crippen LogP contribution is 2.29. The van der Waals surface area contributed by atoms with Crippen LogP contribution in [0.3, 0.4) is 0 Å². The van der Waals surface area contributed by atoms with Crippen molar-refractivity contribution in [3.8, 4) is 11.5 Å². The Labute approximate surface area is 109 Å². The molecule has 0 aliphatic carbocycles. The van der Waals surface area contributed by atoms with Crippen molar-refractivity contribution < 1.29 is 8.81 Å². The maximum Gasteiger partial charge on any atom is 0.230 e. The Hall–Kier alpha value is -2.36. The molecule has 3 rings (SSSR count). The van der Waals surface area contributed by atoms with Gasteiger partial charge in [-0.1, -0.05) is 6.07 Å². The molecule has 96 valence electrons. The van der Waals surface area contributed by atoms with E-state index in [0.717, 1.165) is 16.6 Å². The summed E-state index contributed by atoms with van der Waals surface area (Å²) in [6.45, 7) is 3.93. The molecule has 0 atom stereocenters. The van der Waals surface area contributed by atoms with Crippen LogP contribution in [0, 0.1) is 19.7 Å². The summed E-state index contributed by atoms with van der Waals surface area (Å²) in [5.74, 6) is -0.136. The highest BCUT2D eigenvalue weighted by molar-refractivity contribution is 5.80. The number of nitrogen functional groups attached to an aromatic ring is 1. The molecule has 0 saturated heterocycles. The number of rotatable bonds is 1. The molecule has 1 heterocycles. The van der Waals surface area contributed by atoms with Gasteiger partial charge in [-0.25, -0.2) is 9.37 Å². The minimum Gasteiger partial charge on any atom is -0.436 e. The van der Waals surface area contributed by atoms with Crippen LogP contribution < -0.4 is 5.73 Å². The summed E-state index contributed by atoms with van der Waals surface area (Å²) in [5, 5.41) is 0. The quantitative estimate of drug-likeness (QED) is 0.673. The Bertz CT molecular complexity index is 777. The topological polar surface area (TPSA) is 52.0 Å². The number of halogens is 1. The number of oxazole rings is 1. The van der Waals surface area contributed by atoms with Gasteiger partial charge in [-0.05, 0) is 49.2 Å². The molecule has 0 bridgehead atoms. The fraction of sp³-hybridized carbons (Fsp3) is 0.133. The zero-order valence-corrected chi connectivity index (χ0v) is 10.7. The molecule has 19 heavy (non-hydrogen) atoms. The van der Waals surface area contributed by atoms with E-state index in [0.29, 0.717) is 11.3 Å². The van der Waals surface area contributed by atoms with Gasteiger partial charge in [0.1, 0.15) is 11.3 Å². The Morgan fingerprint density at radius 1 is 1.16 bits per heavy atom. The molecule has 0 aliphatic rings. The summed E-state index contributed by atoms with van der Waals surface area (Å²) < 4.78 is 19.5. The standard InChI is InChI=1S/C15H13FN2O/c1-8-5-9(2)14-13(6-8)18-15(19-14)11-7-10(17)3-4-12(11)16/h3-7H,17H2,1-2H3. The number of hydrogen-bond donors (Lipinski definition) is 1. The van der Waals surface area contributed by atoms with E-state index in [2.05, 4.69) is 4.98 Å². The van der Waals surface area contributed by atoms with Crippen LogP contribution in [-0.2, 0) is 0 Å². The maximum absolute atomic E-state index is 13.8. The van der Waals surface area contributed by atoms with Gasteiger partial charge in [-0.2, -0.15) is 0 Å². The van der Waals surface area contributed by atoms with Gasteiger partial charge in [-0.3, -0.25) is 0 Å². The predicted octanol–water partition coefficient (Wildman–Crippen LogP) is 3.83. The van der Waals surface area contributed by atoms with Crippen LogP contribution in [0.5, 0.6) is 0 Å². The predicted molar refractivity (Wildman–Crippen MR) is 73.3 cm³/mol. The van der Waals surface area contributed by atoms with Crippen molar-refractivity contribution in [2.45, 2.75) is 13.8 Å². The lowest BCUT2D eigenvalue weighted by atomic mass is 10.1. The average Bonchev–Trinajstić information content (AvgIpc) is 2.76. The van der Waals surface area contributed by atoms with Crippen LogP contribution in [0.2, 0.25) is 0 Å². The van der Waals surface area contributed by atoms with Crippen molar-refractivity contribution in [1.29, 1.82) is 0 Å². The second-order valence-electron chi connectivity index (χ2n) is 4.69. The Morgan fingerprint density at radius 3 is 2.74 bits per heavy atom. The summed E-state index contributed by atoms with van der Waals surface area (Å²) in [6.07, 6.45) is 0. The van der Waals surface area contributed by atoms with Crippen molar-refractivity contribution >= 4 is 16.8 Å². The van der Waals surface area contributed by atoms with Crippen LogP contribution in [0.15, 0.2) is 34.7 Å². The van der Waals surface area contributed by atoms with Gasteiger partial charge < -0.3 is 10.2 Å². The summed E-state index contributed by atoms with van der Waals surface area (Å²) >= 11 is 0. The molecule has 0 saturated carbocycles. The first-order valence-corrected chi connectivity index (χ1v) is 5.98. The molecule has 3 nitrogen and oxygen atoms in total. The van der Waals surface area contributed by atoms with Crippen LogP contribution in [0.4, 0.5) is 10.1 Å². The highest BCUT2D eigenvalue weighted by Gasteiger charge is 2.14. The van der Waals surface area contributed by atoms with E-state index in [-0.39, 0.29) is 11.5 Å². The largest absolute Gasteiger partial charge is 0.436 e. The van der Waals surface area contributed by atoms with Gasteiger partial charge in [-0.15, -0.1) is 0 Å². The van der Waals surface area contributed by atoms with E-state index in [4.69, 9.17) is 10.2 Å². The van der Waals surface area contributed by atoms with Crippen LogP contribution in [-0.4, -0.2) is 4.98 Å². The van der Waals surface area contributed by atoms with E-state index < -0.39 is 5.82 Å². The van der Waals surface area contributed by atoms with E-state index >= 15 is 0 Å². The average molecular weight is 256 g/mol. The fourth-order valence-electron chi connectivity index (χ4n) is 2.20. The number of benzene rings is 2. The van der Waals surface area contributed by atoms with Gasteiger partial charge in [0.2, 0.25) is 5.89 Å². The normalized spacial score (nSPS) is 11.1. The Kier molecular flexibility index (Phi) is 2.52. The van der Waals surface area contributed by atoms with Crippen LogP contribution >= 0.6 is 0 Å². The highest BCUT2D eigenvalue weighted by atomic mass is 19.1. The number of anilines is 1. The third-order valence-corrected chi connectivity index (χ3v) is 3.04. The van der Waals surface area contributed by atoms with E-state index in [1.165, 1.54) is 18.2 Å². The smallest absolute Gasteiger partial charge is 0.230 e. The molecule has 2 N–H and O–H groups in total. The molecule has 4 heteroatoms. The van der Waals surface area contributed by atoms with Gasteiger partial charge >= 0.3 is 0 Å². The lowest BCUT2D eigenvalue weighted by Crippen LogP contribution is -1.89. The van der Waals surface area contributed by atoms with Gasteiger partial charge in [0, 0.05) is 5.69 Å². The summed E-state index contributed by atoms with van der Waals surface area (Å²) in [5.41, 5.74) is 9.93. The van der Waals surface area contributed by atoms with Crippen molar-refractivity contribution in [3.05, 3.63) is 47.3 Å². The van der Waals surface area contributed by atoms with E-state index in [9.17, 15) is 4.39 Å². The summed E-state index contributed by atoms with van der Waals surface area (Å²) in [7, 11) is 0. The first-order valence-electron chi connectivity index (χ1n) is 5.98. The molecule has 0 unspecified atom stereocenters. The molecule has 0 fully saturated rings. The lowest BCUT2D eigenvalue weighted by Gasteiger charge is -1.99. The Balaban J connectivity index is 2.26. The second-order valence-corrected chi connectivity index (χ2v) is 4.69. The molecule has 0 aliphatic heterocycles. The molecule has 0 amide bonds. The summed E-state index contributed by atoms with van der Waals surface area (Å²) in [4.78, 5) is 4.34. The van der Waals surface area contributed by atoms with E-state index in [1.807, 2.05) is 26.0 Å². The zero-order chi connectivity index (χ0) is 13.6. The van der Waals surface area contributed by atoms with Crippen LogP contribution in [0.25, 0.3) is 22.6 Å². The molecule has 3 aromatic rings. The van der Waals surface area contributed by atoms with Gasteiger partial charge in [0.25, 0.3) is 0 Å². The SMILES string of the molecule is Cc1cc(C)c2oc(-c3cc(N)ccc3F)nc2c1. The van der Waals surface area contributed by atoms with Gasteiger partial charge in [0.15, 0.2) is 5.58 Å². The number of aryl methyl sites for hydroxylation is 2. The minimum absolute atomic E-state index is 0.258. The van der Waals surface area contributed by atoms with Crippen molar-refractivity contribution in [3.63, 3.8) is 0 Å². The first-order chi connectivity index (χ1) is 9.04. The molecule has 2 aromatic carbocycles. The molecule has 1 aromatic heterocycles. The molecule has 0 radical (unpaired) electrons. The number of nitrogens with two attached hydrogens (primary N) is 1. The third kappa shape index (κ3) is 1.95. The van der Waals surface area contributed by atoms with Crippen LogP contribution in [0.1, 0.15) is 11.1 Å². The third-order valence-electron chi connectivity index (χ3n) is 3.04. The summed E-state index contributed by atoms with van der Waals surface area (Å²) in [6, 6.07) is 8.28. The van der Waals surface area contributed by atoms with Crippen molar-refractivity contribution in [2.24, 2.45) is 0 Å². The van der Waals surface area contributed by atoms with Crippen molar-refractivity contribution in [2.75, 3.05) is 5.73 Å². The molecular formula is C15H13FN2O. The second kappa shape index (κ2) is 4.09. The number of fused-ring (bicyclic) bond motifs is 1. The molecule has 0 spiro atoms. The van der Waals surface area contributed by atoms with E-state index in [1.54, 1.807) is 0 Å². The van der Waals surface area contributed by atoms with Gasteiger partial charge in [0.05, 0.1) is 5.56 Å². The number of nitrogens with zero attached hydrogens (tertiary/aromatic N) is 1.